The Balaban J connectivity index is 1.60. The van der Waals surface area contributed by atoms with Gasteiger partial charge in [-0.25, -0.2) is 8.42 Å². The maximum atomic E-state index is 12.8. The maximum absolute atomic E-state index is 12.8. The minimum atomic E-state index is -3.55. The molecule has 6 nitrogen and oxygen atoms in total. The first-order valence-corrected chi connectivity index (χ1v) is 11.0. The van der Waals surface area contributed by atoms with Crippen molar-refractivity contribution in [2.75, 3.05) is 39.3 Å². The van der Waals surface area contributed by atoms with Gasteiger partial charge in [-0.1, -0.05) is 17.7 Å². The number of carbonyl (C=O) groups is 1. The van der Waals surface area contributed by atoms with E-state index in [1.807, 2.05) is 11.8 Å². The fourth-order valence-electron chi connectivity index (χ4n) is 3.64. The van der Waals surface area contributed by atoms with E-state index in [9.17, 15) is 13.2 Å². The van der Waals surface area contributed by atoms with Gasteiger partial charge < -0.3 is 4.90 Å². The summed E-state index contributed by atoms with van der Waals surface area (Å²) in [5.74, 6) is 0.163. The lowest BCUT2D eigenvalue weighted by atomic mass is 10.1. The van der Waals surface area contributed by atoms with Gasteiger partial charge >= 0.3 is 0 Å². The smallest absolute Gasteiger partial charge is 0.243 e. The summed E-state index contributed by atoms with van der Waals surface area (Å²) in [6.45, 7) is 5.48. The second kappa shape index (κ2) is 8.25. The number of piperidine rings is 1. The fourth-order valence-corrected chi connectivity index (χ4v) is 5.37. The van der Waals surface area contributed by atoms with Crippen molar-refractivity contribution in [3.8, 4) is 0 Å². The summed E-state index contributed by atoms with van der Waals surface area (Å²) in [6, 6.07) is 6.14. The van der Waals surface area contributed by atoms with E-state index in [4.69, 9.17) is 11.6 Å². The van der Waals surface area contributed by atoms with Crippen LogP contribution in [0.4, 0.5) is 0 Å². The van der Waals surface area contributed by atoms with Gasteiger partial charge in [-0.05, 0) is 44.4 Å². The number of nitrogens with zero attached hydrogens (tertiary/aromatic N) is 3. The Morgan fingerprint density at radius 3 is 2.31 bits per heavy atom. The summed E-state index contributed by atoms with van der Waals surface area (Å²) >= 11 is 5.93. The predicted octanol–water partition coefficient (Wildman–Crippen LogP) is 2.05. The molecule has 0 aromatic heterocycles. The molecule has 0 radical (unpaired) electrons. The summed E-state index contributed by atoms with van der Waals surface area (Å²) in [6.07, 6.45) is 3.34. The van der Waals surface area contributed by atoms with Crippen molar-refractivity contribution in [3.05, 3.63) is 29.3 Å². The topological polar surface area (TPSA) is 60.9 Å². The Morgan fingerprint density at radius 1 is 1.04 bits per heavy atom. The Morgan fingerprint density at radius 2 is 1.69 bits per heavy atom. The van der Waals surface area contributed by atoms with E-state index in [-0.39, 0.29) is 16.8 Å². The second-order valence-electron chi connectivity index (χ2n) is 6.96. The molecule has 2 aliphatic heterocycles. The lowest BCUT2D eigenvalue weighted by Gasteiger charge is -2.39. The number of likely N-dealkylation sites (tertiary alicyclic amines) is 1. The Bertz CT molecular complexity index is 742. The number of halogens is 1. The maximum Gasteiger partial charge on any atom is 0.243 e. The van der Waals surface area contributed by atoms with E-state index in [1.165, 1.54) is 16.8 Å². The van der Waals surface area contributed by atoms with Crippen LogP contribution in [-0.4, -0.2) is 73.7 Å². The van der Waals surface area contributed by atoms with Crippen LogP contribution in [0.1, 0.15) is 26.2 Å². The lowest BCUT2D eigenvalue weighted by Crippen LogP contribution is -2.55. The molecule has 0 unspecified atom stereocenters. The van der Waals surface area contributed by atoms with Crippen LogP contribution < -0.4 is 0 Å². The van der Waals surface area contributed by atoms with E-state index < -0.39 is 10.0 Å². The van der Waals surface area contributed by atoms with Gasteiger partial charge in [0.15, 0.2) is 0 Å². The molecule has 2 heterocycles. The molecule has 2 aliphatic rings. The number of carbonyl (C=O) groups excluding carboxylic acids is 1. The molecule has 8 heteroatoms. The van der Waals surface area contributed by atoms with Gasteiger partial charge in [0, 0.05) is 44.3 Å². The lowest BCUT2D eigenvalue weighted by molar-refractivity contribution is -0.137. The van der Waals surface area contributed by atoms with Crippen LogP contribution in [0.25, 0.3) is 0 Å². The van der Waals surface area contributed by atoms with Crippen molar-refractivity contribution in [2.24, 2.45) is 0 Å². The van der Waals surface area contributed by atoms with Crippen LogP contribution >= 0.6 is 11.6 Å². The van der Waals surface area contributed by atoms with Crippen molar-refractivity contribution < 1.29 is 13.2 Å². The summed E-state index contributed by atoms with van der Waals surface area (Å²) in [5, 5.41) is 0.408. The first-order chi connectivity index (χ1) is 12.4. The molecule has 3 rings (SSSR count). The van der Waals surface area contributed by atoms with Crippen molar-refractivity contribution in [1.29, 1.82) is 0 Å². The molecular weight excluding hydrogens is 374 g/mol. The predicted molar refractivity (Wildman–Crippen MR) is 102 cm³/mol. The van der Waals surface area contributed by atoms with Gasteiger partial charge in [0.25, 0.3) is 0 Å². The molecule has 26 heavy (non-hydrogen) atoms. The molecule has 0 aliphatic carbocycles. The minimum absolute atomic E-state index is 0.163. The number of sulfonamides is 1. The van der Waals surface area contributed by atoms with Crippen molar-refractivity contribution >= 4 is 27.5 Å². The standard InChI is InChI=1S/C18H26ClN3O3S/c1-15(18(23)21-8-3-2-4-9-21)20-10-12-22(13-11-20)26(24,25)17-7-5-6-16(19)14-17/h5-7,14-15H,2-4,8-13H2,1H3/t15-/m1/s1. The normalized spacial score (nSPS) is 21.5. The molecule has 1 amide bonds. The molecule has 1 atom stereocenters. The summed E-state index contributed by atoms with van der Waals surface area (Å²) in [5.41, 5.74) is 0. The molecule has 0 saturated carbocycles. The zero-order chi connectivity index (χ0) is 18.7. The third kappa shape index (κ3) is 4.22. The minimum Gasteiger partial charge on any atom is -0.341 e. The first-order valence-electron chi connectivity index (χ1n) is 9.18. The highest BCUT2D eigenvalue weighted by atomic mass is 35.5. The largest absolute Gasteiger partial charge is 0.341 e. The second-order valence-corrected chi connectivity index (χ2v) is 9.33. The zero-order valence-electron chi connectivity index (χ0n) is 15.1. The summed E-state index contributed by atoms with van der Waals surface area (Å²) in [4.78, 5) is 16.9. The number of benzene rings is 1. The van der Waals surface area contributed by atoms with Crippen LogP contribution in [0.2, 0.25) is 5.02 Å². The first kappa shape index (κ1) is 19.6. The van der Waals surface area contributed by atoms with Gasteiger partial charge in [-0.3, -0.25) is 9.69 Å². The Labute approximate surface area is 160 Å². The SMILES string of the molecule is C[C@H](C(=O)N1CCCCC1)N1CCN(S(=O)(=O)c2cccc(Cl)c2)CC1. The average Bonchev–Trinajstić information content (AvgIpc) is 2.67. The third-order valence-electron chi connectivity index (χ3n) is 5.28. The Hall–Kier alpha value is -1.15. The molecule has 1 aromatic rings. The fraction of sp³-hybridized carbons (Fsp3) is 0.611. The quantitative estimate of drug-likeness (QED) is 0.777. The van der Waals surface area contributed by atoms with E-state index in [2.05, 4.69) is 4.90 Å². The van der Waals surface area contributed by atoms with Crippen LogP contribution in [0.5, 0.6) is 0 Å². The van der Waals surface area contributed by atoms with Crippen LogP contribution in [0.15, 0.2) is 29.2 Å². The summed E-state index contributed by atoms with van der Waals surface area (Å²) < 4.78 is 27.0. The number of hydrogen-bond donors (Lipinski definition) is 0. The van der Waals surface area contributed by atoms with Crippen LogP contribution in [-0.2, 0) is 14.8 Å². The van der Waals surface area contributed by atoms with Crippen molar-refractivity contribution in [3.63, 3.8) is 0 Å². The molecule has 2 saturated heterocycles. The number of hydrogen-bond acceptors (Lipinski definition) is 4. The number of piperazine rings is 1. The zero-order valence-corrected chi connectivity index (χ0v) is 16.7. The van der Waals surface area contributed by atoms with Gasteiger partial charge in [0.05, 0.1) is 10.9 Å². The van der Waals surface area contributed by atoms with Crippen LogP contribution in [0, 0.1) is 0 Å². The molecule has 0 N–H and O–H groups in total. The highest BCUT2D eigenvalue weighted by Gasteiger charge is 2.33. The average molecular weight is 400 g/mol. The van der Waals surface area contributed by atoms with Crippen LogP contribution in [0.3, 0.4) is 0 Å². The molecule has 2 fully saturated rings. The Kier molecular flexibility index (Phi) is 6.22. The van der Waals surface area contributed by atoms with Crippen molar-refractivity contribution in [2.45, 2.75) is 37.1 Å². The summed E-state index contributed by atoms with van der Waals surface area (Å²) in [7, 11) is -3.55. The van der Waals surface area contributed by atoms with Gasteiger partial charge in [0.2, 0.25) is 15.9 Å². The highest BCUT2D eigenvalue weighted by Crippen LogP contribution is 2.22. The molecule has 144 valence electrons. The number of rotatable bonds is 4. The monoisotopic (exact) mass is 399 g/mol. The molecule has 0 spiro atoms. The molecule has 0 bridgehead atoms. The van der Waals surface area contributed by atoms with E-state index in [1.54, 1.807) is 18.2 Å². The van der Waals surface area contributed by atoms with Gasteiger partial charge in [-0.2, -0.15) is 4.31 Å². The van der Waals surface area contributed by atoms with Crippen molar-refractivity contribution in [1.82, 2.24) is 14.1 Å². The third-order valence-corrected chi connectivity index (χ3v) is 7.41. The highest BCUT2D eigenvalue weighted by molar-refractivity contribution is 7.89. The number of amides is 1. The van der Waals surface area contributed by atoms with E-state index in [0.717, 1.165) is 25.9 Å². The molecular formula is C18H26ClN3O3S. The molecule has 1 aromatic carbocycles. The van der Waals surface area contributed by atoms with E-state index in [0.29, 0.717) is 31.2 Å². The van der Waals surface area contributed by atoms with E-state index >= 15 is 0 Å². The van der Waals surface area contributed by atoms with Gasteiger partial charge in [0.1, 0.15) is 0 Å². The van der Waals surface area contributed by atoms with Gasteiger partial charge in [-0.15, -0.1) is 0 Å².